The van der Waals surface area contributed by atoms with Crippen LogP contribution in [-0.2, 0) is 0 Å². The van der Waals surface area contributed by atoms with Gasteiger partial charge in [-0.1, -0.05) is 109 Å². The van der Waals surface area contributed by atoms with Crippen molar-refractivity contribution in [1.29, 1.82) is 0 Å². The minimum absolute atomic E-state index is 0.0854. The van der Waals surface area contributed by atoms with Crippen LogP contribution in [-0.4, -0.2) is 71.2 Å². The van der Waals surface area contributed by atoms with Crippen molar-refractivity contribution in [3.05, 3.63) is 133 Å². The summed E-state index contributed by atoms with van der Waals surface area (Å²) in [4.78, 5) is 0. The molecule has 0 amide bonds. The zero-order valence-corrected chi connectivity index (χ0v) is 33.3. The third-order valence-corrected chi connectivity index (χ3v) is 12.2. The second kappa shape index (κ2) is 13.5. The number of fused-ring (bicyclic) bond motifs is 7. The van der Waals surface area contributed by atoms with E-state index in [0.29, 0.717) is 66.0 Å². The summed E-state index contributed by atoms with van der Waals surface area (Å²) in [5.74, 6) is -2.05. The molecule has 0 bridgehead atoms. The summed E-state index contributed by atoms with van der Waals surface area (Å²) in [6, 6.07) is 44.1. The van der Waals surface area contributed by atoms with E-state index in [4.69, 9.17) is 0 Å². The number of hydrogen-bond acceptors (Lipinski definition) is 6. The van der Waals surface area contributed by atoms with Crippen molar-refractivity contribution >= 4 is 96.8 Å². The lowest BCUT2D eigenvalue weighted by molar-refractivity contribution is 0.373. The summed E-state index contributed by atoms with van der Waals surface area (Å²) in [6.45, 7) is 0. The lowest BCUT2D eigenvalue weighted by atomic mass is 9.80. The molecule has 0 spiro atoms. The Hall–Kier alpha value is -7.58. The highest BCUT2D eigenvalue weighted by molar-refractivity contribution is 6.54. The summed E-state index contributed by atoms with van der Waals surface area (Å²) in [5.41, 5.74) is 10.5. The van der Waals surface area contributed by atoms with Gasteiger partial charge in [-0.25, -0.2) is 0 Å². The molecule has 0 atom stereocenters. The van der Waals surface area contributed by atoms with Gasteiger partial charge in [-0.15, -0.1) is 0 Å². The first-order valence-corrected chi connectivity index (χ1v) is 19.7. The molecule has 0 radical (unpaired) electrons. The second-order valence-corrected chi connectivity index (χ2v) is 15.6. The van der Waals surface area contributed by atoms with E-state index in [2.05, 4.69) is 36.4 Å². The van der Waals surface area contributed by atoms with Crippen LogP contribution < -0.4 is 21.9 Å². The zero-order chi connectivity index (χ0) is 41.7. The Morgan fingerprint density at radius 1 is 0.283 bits per heavy atom. The molecule has 286 valence electrons. The Morgan fingerprint density at radius 2 is 0.717 bits per heavy atom. The molecular weight excluding hydrogens is 744 g/mol. The Balaban J connectivity index is 1.33. The van der Waals surface area contributed by atoms with Crippen LogP contribution in [0.4, 0.5) is 0 Å². The number of hydrogen-bond donors (Lipinski definition) is 6. The quantitative estimate of drug-likeness (QED) is 0.115. The molecule has 0 aliphatic carbocycles. The largest absolute Gasteiger partial charge is 0.509 e. The molecule has 0 aliphatic rings. The smallest absolute Gasteiger partial charge is 0.200 e. The Kier molecular flexibility index (Phi) is 8.26. The van der Waals surface area contributed by atoms with Gasteiger partial charge < -0.3 is 39.8 Å². The van der Waals surface area contributed by atoms with Crippen LogP contribution in [0.1, 0.15) is 0 Å². The third kappa shape index (κ3) is 5.16. The van der Waals surface area contributed by atoms with Gasteiger partial charge in [0.2, 0.25) is 0 Å². The molecule has 2 aromatic heterocycles. The van der Waals surface area contributed by atoms with E-state index in [1.54, 1.807) is 31.4 Å². The highest BCUT2D eigenvalue weighted by Gasteiger charge is 2.32. The lowest BCUT2D eigenvalue weighted by Crippen LogP contribution is -2.17. The van der Waals surface area contributed by atoms with Crippen LogP contribution in [0.25, 0.3) is 88.4 Å². The molecule has 8 nitrogen and oxygen atoms in total. The van der Waals surface area contributed by atoms with Crippen LogP contribution in [0.5, 0.6) is 34.5 Å². The summed E-state index contributed by atoms with van der Waals surface area (Å²) >= 11 is 0. The lowest BCUT2D eigenvalue weighted by Gasteiger charge is -2.16. The fourth-order valence-electron chi connectivity index (χ4n) is 9.15. The van der Waals surface area contributed by atoms with Crippen molar-refractivity contribution in [2.24, 2.45) is 0 Å². The second-order valence-electron chi connectivity index (χ2n) is 15.6. The van der Waals surface area contributed by atoms with Gasteiger partial charge in [0.15, 0.2) is 17.2 Å². The first-order valence-electron chi connectivity index (χ1n) is 19.7. The topological polar surface area (TPSA) is 131 Å². The van der Waals surface area contributed by atoms with E-state index < -0.39 is 17.2 Å². The van der Waals surface area contributed by atoms with Gasteiger partial charge in [0.05, 0.1) is 27.5 Å². The molecule has 8 aromatic carbocycles. The maximum atomic E-state index is 12.6. The molecule has 0 saturated carbocycles. The van der Waals surface area contributed by atoms with E-state index in [1.165, 1.54) is 0 Å². The molecule has 0 unspecified atom stereocenters. The number of aromatic nitrogens is 2. The van der Waals surface area contributed by atoms with Crippen molar-refractivity contribution in [3.63, 3.8) is 0 Å². The summed E-state index contributed by atoms with van der Waals surface area (Å²) in [7, 11) is 6.87. The van der Waals surface area contributed by atoms with Crippen molar-refractivity contribution in [2.75, 3.05) is 0 Å². The first-order chi connectivity index (χ1) is 29.0. The van der Waals surface area contributed by atoms with Crippen molar-refractivity contribution in [1.82, 2.24) is 9.13 Å². The first kappa shape index (κ1) is 36.7. The van der Waals surface area contributed by atoms with E-state index in [9.17, 15) is 30.6 Å². The summed E-state index contributed by atoms with van der Waals surface area (Å²) < 4.78 is 3.69. The normalized spacial score (nSPS) is 11.7. The molecule has 2 heterocycles. The van der Waals surface area contributed by atoms with E-state index in [1.807, 2.05) is 106 Å². The number of benzene rings is 8. The standard InChI is InChI=1S/C48H36B4N2O6/c49-35-33-31-32-34-40(37(51)47(59)48(60)43(34)55)53(29-20-18-26(19-21-29)24-10-5-2-6-11-24)39(32)36(50)45(57)41(31)54(42(33)46(58)38(52)44(35)56)30-13-7-12-28(22-30)27-16-14-25(15-17-27)23-8-3-1-4-9-23/h1-22,55-60H,49-52H2. The molecule has 6 N–H and O–H groups in total. The Bertz CT molecular complexity index is 3400. The van der Waals surface area contributed by atoms with Crippen molar-refractivity contribution in [2.45, 2.75) is 0 Å². The fraction of sp³-hybridized carbons (Fsp3) is 0. The SMILES string of the molecule is Bc1c(O)c(B)c2c3c4c5c(O)c(O)c(O)c(B)c5n(-c5ccc(-c6ccccc6)cc5)c4c(B)c(O)c3n(-c3cccc(-c4ccc(-c5ccccc5)cc4)c3)c2c1O. The molecule has 60 heavy (non-hydrogen) atoms. The number of rotatable bonds is 5. The van der Waals surface area contributed by atoms with Gasteiger partial charge in [-0.05, 0) is 79.5 Å². The predicted molar refractivity (Wildman–Crippen MR) is 254 cm³/mol. The zero-order valence-electron chi connectivity index (χ0n) is 33.3. The average Bonchev–Trinajstić information content (AvgIpc) is 3.84. The minimum atomic E-state index is -0.676. The average molecular weight is 780 g/mol. The van der Waals surface area contributed by atoms with Gasteiger partial charge in [-0.3, -0.25) is 0 Å². The minimum Gasteiger partial charge on any atom is -0.509 e. The van der Waals surface area contributed by atoms with Crippen LogP contribution in [0, 0.1) is 0 Å². The van der Waals surface area contributed by atoms with Crippen LogP contribution >= 0.6 is 0 Å². The van der Waals surface area contributed by atoms with Gasteiger partial charge in [0.25, 0.3) is 0 Å². The maximum Gasteiger partial charge on any atom is 0.200 e. The number of aromatic hydroxyl groups is 6. The highest BCUT2D eigenvalue weighted by atomic mass is 16.3. The highest BCUT2D eigenvalue weighted by Crippen LogP contribution is 2.51. The molecule has 10 rings (SSSR count). The number of phenols is 6. The Morgan fingerprint density at radius 3 is 1.32 bits per heavy atom. The monoisotopic (exact) mass is 780 g/mol. The molecule has 10 aromatic rings. The van der Waals surface area contributed by atoms with E-state index in [0.717, 1.165) is 33.4 Å². The number of nitrogens with zero attached hydrogens (tertiary/aromatic N) is 2. The molecule has 0 aliphatic heterocycles. The number of phenolic OH excluding ortho intramolecular Hbond substituents is 6. The van der Waals surface area contributed by atoms with Gasteiger partial charge in [-0.2, -0.15) is 0 Å². The van der Waals surface area contributed by atoms with Crippen LogP contribution in [0.15, 0.2) is 133 Å². The van der Waals surface area contributed by atoms with E-state index >= 15 is 0 Å². The maximum absolute atomic E-state index is 12.6. The van der Waals surface area contributed by atoms with Crippen molar-refractivity contribution in [3.8, 4) is 79.3 Å². The molecular formula is C48H36B4N2O6. The van der Waals surface area contributed by atoms with Gasteiger partial charge in [0.1, 0.15) is 48.6 Å². The molecule has 0 fully saturated rings. The molecule has 12 heteroatoms. The van der Waals surface area contributed by atoms with E-state index in [-0.39, 0.29) is 28.1 Å². The van der Waals surface area contributed by atoms with Gasteiger partial charge in [0, 0.05) is 27.5 Å². The Labute approximate surface area is 348 Å². The van der Waals surface area contributed by atoms with Crippen molar-refractivity contribution < 1.29 is 30.6 Å². The third-order valence-electron chi connectivity index (χ3n) is 12.2. The van der Waals surface area contributed by atoms with Gasteiger partial charge >= 0.3 is 0 Å². The molecule has 0 saturated heterocycles. The predicted octanol–water partition coefficient (Wildman–Crippen LogP) is 4.15. The van der Waals surface area contributed by atoms with Crippen LogP contribution in [0.2, 0.25) is 0 Å². The summed E-state index contributed by atoms with van der Waals surface area (Å²) in [5, 5.41) is 72.2. The van der Waals surface area contributed by atoms with Crippen LogP contribution in [0.3, 0.4) is 0 Å². The summed E-state index contributed by atoms with van der Waals surface area (Å²) in [6.07, 6.45) is 0. The fourth-order valence-corrected chi connectivity index (χ4v) is 9.15.